The van der Waals surface area contributed by atoms with E-state index in [4.69, 9.17) is 5.73 Å². The number of rotatable bonds is 3. The fourth-order valence-electron chi connectivity index (χ4n) is 2.23. The number of hydrogen-bond donors (Lipinski definition) is 2. The van der Waals surface area contributed by atoms with Crippen molar-refractivity contribution < 1.29 is 4.79 Å². The smallest absolute Gasteiger partial charge is 0.223 e. The Balaban J connectivity index is 2.50. The third kappa shape index (κ3) is 2.98. The Morgan fingerprint density at radius 3 is 2.64 bits per heavy atom. The fourth-order valence-corrected chi connectivity index (χ4v) is 2.23. The van der Waals surface area contributed by atoms with Gasteiger partial charge >= 0.3 is 0 Å². The maximum absolute atomic E-state index is 11.8. The highest BCUT2D eigenvalue weighted by Gasteiger charge is 2.29. The Bertz CT molecular complexity index is 192. The van der Waals surface area contributed by atoms with E-state index in [0.29, 0.717) is 12.5 Å². The Hall–Kier alpha value is -0.570. The van der Waals surface area contributed by atoms with E-state index in [-0.39, 0.29) is 17.9 Å². The largest absolute Gasteiger partial charge is 0.354 e. The van der Waals surface area contributed by atoms with Crippen LogP contribution in [-0.2, 0) is 4.79 Å². The average Bonchev–Trinajstić information content (AvgIpc) is 2.16. The molecule has 1 fully saturated rings. The molecule has 1 saturated carbocycles. The van der Waals surface area contributed by atoms with Crippen molar-refractivity contribution in [3.8, 4) is 0 Å². The molecule has 0 bridgehead atoms. The van der Waals surface area contributed by atoms with Gasteiger partial charge in [0.25, 0.3) is 0 Å². The molecule has 0 aromatic carbocycles. The van der Waals surface area contributed by atoms with Gasteiger partial charge in [0, 0.05) is 12.0 Å². The second-order valence-electron chi connectivity index (χ2n) is 4.55. The number of carbonyl (C=O) groups excluding carboxylic acids is 1. The first-order chi connectivity index (χ1) is 6.65. The second kappa shape index (κ2) is 5.35. The highest BCUT2D eigenvalue weighted by molar-refractivity contribution is 5.79. The van der Waals surface area contributed by atoms with Crippen molar-refractivity contribution >= 4 is 5.91 Å². The van der Waals surface area contributed by atoms with Gasteiger partial charge in [-0.25, -0.2) is 0 Å². The molecule has 0 aliphatic heterocycles. The number of hydrogen-bond acceptors (Lipinski definition) is 2. The first-order valence-electron chi connectivity index (χ1n) is 5.65. The van der Waals surface area contributed by atoms with Crippen LogP contribution < -0.4 is 11.1 Å². The molecule has 0 aromatic rings. The zero-order valence-electron chi connectivity index (χ0n) is 9.25. The zero-order valence-corrected chi connectivity index (χ0v) is 9.25. The van der Waals surface area contributed by atoms with E-state index in [2.05, 4.69) is 5.32 Å². The molecule has 3 N–H and O–H groups in total. The monoisotopic (exact) mass is 198 g/mol. The summed E-state index contributed by atoms with van der Waals surface area (Å²) in [5, 5.41) is 2.98. The topological polar surface area (TPSA) is 55.1 Å². The summed E-state index contributed by atoms with van der Waals surface area (Å²) in [6.45, 7) is 4.65. The lowest BCUT2D eigenvalue weighted by molar-refractivity contribution is -0.128. The van der Waals surface area contributed by atoms with E-state index in [9.17, 15) is 4.79 Å². The third-order valence-corrected chi connectivity index (χ3v) is 2.98. The van der Waals surface area contributed by atoms with Crippen molar-refractivity contribution in [3.05, 3.63) is 0 Å². The highest BCUT2D eigenvalue weighted by atomic mass is 16.1. The molecule has 0 spiro atoms. The van der Waals surface area contributed by atoms with Crippen LogP contribution in [0, 0.1) is 11.8 Å². The van der Waals surface area contributed by atoms with Crippen LogP contribution in [0.2, 0.25) is 0 Å². The molecule has 3 nitrogen and oxygen atoms in total. The Kier molecular flexibility index (Phi) is 4.39. The predicted molar refractivity (Wildman–Crippen MR) is 57.8 cm³/mol. The van der Waals surface area contributed by atoms with Gasteiger partial charge < -0.3 is 11.1 Å². The minimum Gasteiger partial charge on any atom is -0.354 e. The van der Waals surface area contributed by atoms with Crippen LogP contribution in [0.4, 0.5) is 0 Å². The summed E-state index contributed by atoms with van der Waals surface area (Å²) in [7, 11) is 0. The van der Waals surface area contributed by atoms with Gasteiger partial charge in [0.15, 0.2) is 0 Å². The van der Waals surface area contributed by atoms with Crippen LogP contribution in [0.5, 0.6) is 0 Å². The van der Waals surface area contributed by atoms with Crippen LogP contribution in [0.25, 0.3) is 0 Å². The van der Waals surface area contributed by atoms with Gasteiger partial charge in [-0.05, 0) is 39.2 Å². The molecule has 0 aromatic heterocycles. The maximum atomic E-state index is 11.8. The van der Waals surface area contributed by atoms with Crippen LogP contribution in [-0.4, -0.2) is 18.5 Å². The van der Waals surface area contributed by atoms with Gasteiger partial charge in [0.2, 0.25) is 5.91 Å². The summed E-state index contributed by atoms with van der Waals surface area (Å²) in [6, 6.07) is 0.239. The molecular formula is C11H22N2O. The summed E-state index contributed by atoms with van der Waals surface area (Å²) in [5.74, 6) is 0.772. The Labute approximate surface area is 86.4 Å². The summed E-state index contributed by atoms with van der Waals surface area (Å²) in [6.07, 6.45) is 4.53. The normalized spacial score (nSPS) is 27.7. The minimum absolute atomic E-state index is 0.163. The summed E-state index contributed by atoms with van der Waals surface area (Å²) < 4.78 is 0. The van der Waals surface area contributed by atoms with Gasteiger partial charge in [-0.1, -0.05) is 12.8 Å². The highest BCUT2D eigenvalue weighted by Crippen LogP contribution is 2.29. The molecular weight excluding hydrogens is 176 g/mol. The van der Waals surface area contributed by atoms with E-state index in [1.165, 1.54) is 12.8 Å². The van der Waals surface area contributed by atoms with Crippen LogP contribution in [0.3, 0.4) is 0 Å². The Morgan fingerprint density at radius 1 is 1.43 bits per heavy atom. The number of nitrogens with one attached hydrogen (secondary N) is 1. The molecule has 1 amide bonds. The van der Waals surface area contributed by atoms with E-state index in [0.717, 1.165) is 12.8 Å². The molecule has 2 atom stereocenters. The Morgan fingerprint density at radius 2 is 2.07 bits per heavy atom. The van der Waals surface area contributed by atoms with Gasteiger partial charge in [-0.15, -0.1) is 0 Å². The average molecular weight is 198 g/mol. The summed E-state index contributed by atoms with van der Waals surface area (Å²) >= 11 is 0. The zero-order chi connectivity index (χ0) is 10.6. The number of amides is 1. The van der Waals surface area contributed by atoms with Crippen molar-refractivity contribution in [2.45, 2.75) is 45.6 Å². The molecule has 1 aliphatic carbocycles. The van der Waals surface area contributed by atoms with Crippen molar-refractivity contribution in [2.75, 3.05) is 6.54 Å². The lowest BCUT2D eigenvalue weighted by atomic mass is 9.78. The van der Waals surface area contributed by atoms with Crippen LogP contribution in [0.1, 0.15) is 39.5 Å². The van der Waals surface area contributed by atoms with E-state index >= 15 is 0 Å². The van der Waals surface area contributed by atoms with E-state index in [1.807, 2.05) is 13.8 Å². The van der Waals surface area contributed by atoms with Gasteiger partial charge in [0.1, 0.15) is 0 Å². The van der Waals surface area contributed by atoms with Gasteiger partial charge in [0.05, 0.1) is 0 Å². The second-order valence-corrected chi connectivity index (χ2v) is 4.55. The molecule has 0 heterocycles. The van der Waals surface area contributed by atoms with Crippen molar-refractivity contribution in [2.24, 2.45) is 17.6 Å². The maximum Gasteiger partial charge on any atom is 0.223 e. The summed E-state index contributed by atoms with van der Waals surface area (Å²) in [5.41, 5.74) is 5.68. The molecule has 0 radical (unpaired) electrons. The SMILES string of the molecule is CC(C)NC(=O)C1CCCCC1CN. The molecule has 2 unspecified atom stereocenters. The number of nitrogens with two attached hydrogens (primary N) is 1. The van der Waals surface area contributed by atoms with Crippen molar-refractivity contribution in [1.29, 1.82) is 0 Å². The van der Waals surface area contributed by atoms with Crippen molar-refractivity contribution in [3.63, 3.8) is 0 Å². The standard InChI is InChI=1S/C11H22N2O/c1-8(2)13-11(14)10-6-4-3-5-9(10)7-12/h8-10H,3-7,12H2,1-2H3,(H,13,14). The minimum atomic E-state index is 0.163. The van der Waals surface area contributed by atoms with Gasteiger partial charge in [-0.3, -0.25) is 4.79 Å². The molecule has 1 aliphatic rings. The van der Waals surface area contributed by atoms with E-state index < -0.39 is 0 Å². The number of carbonyl (C=O) groups is 1. The third-order valence-electron chi connectivity index (χ3n) is 2.98. The first-order valence-corrected chi connectivity index (χ1v) is 5.65. The molecule has 82 valence electrons. The van der Waals surface area contributed by atoms with Crippen LogP contribution in [0.15, 0.2) is 0 Å². The first kappa shape index (κ1) is 11.5. The molecule has 0 saturated heterocycles. The van der Waals surface area contributed by atoms with Gasteiger partial charge in [-0.2, -0.15) is 0 Å². The van der Waals surface area contributed by atoms with E-state index in [1.54, 1.807) is 0 Å². The van der Waals surface area contributed by atoms with Crippen LogP contribution >= 0.6 is 0 Å². The quantitative estimate of drug-likeness (QED) is 0.717. The predicted octanol–water partition coefficient (Wildman–Crippen LogP) is 1.28. The summed E-state index contributed by atoms with van der Waals surface area (Å²) in [4.78, 5) is 11.8. The lowest BCUT2D eigenvalue weighted by Gasteiger charge is -2.30. The molecule has 1 rings (SSSR count). The molecule has 3 heteroatoms. The van der Waals surface area contributed by atoms with Crippen molar-refractivity contribution in [1.82, 2.24) is 5.32 Å². The fraction of sp³-hybridized carbons (Fsp3) is 0.909. The lowest BCUT2D eigenvalue weighted by Crippen LogP contribution is -2.41. The molecule has 14 heavy (non-hydrogen) atoms.